The smallest absolute Gasteiger partial charge is 0.416 e. The molecule has 1 saturated carbocycles. The molecule has 1 aromatic heterocycles. The number of nitrogens with two attached hydrogens (primary N) is 1. The van der Waals surface area contributed by atoms with Gasteiger partial charge in [-0.2, -0.15) is 13.2 Å². The van der Waals surface area contributed by atoms with Gasteiger partial charge in [0.2, 0.25) is 0 Å². The van der Waals surface area contributed by atoms with Gasteiger partial charge < -0.3 is 25.6 Å². The maximum Gasteiger partial charge on any atom is 0.416 e. The predicted molar refractivity (Wildman–Crippen MR) is 124 cm³/mol. The molecule has 1 aliphatic carbocycles. The third-order valence-corrected chi connectivity index (χ3v) is 6.06. The normalized spacial score (nSPS) is 15.5. The fourth-order valence-corrected chi connectivity index (χ4v) is 3.80. The van der Waals surface area contributed by atoms with Crippen molar-refractivity contribution < 1.29 is 32.5 Å². The zero-order valence-electron chi connectivity index (χ0n) is 19.4. The van der Waals surface area contributed by atoms with Crippen molar-refractivity contribution in [3.8, 4) is 11.5 Å². The minimum absolute atomic E-state index is 0.0000550. The minimum Gasteiger partial charge on any atom is -0.493 e. The second-order valence-corrected chi connectivity index (χ2v) is 8.77. The van der Waals surface area contributed by atoms with E-state index in [-0.39, 0.29) is 12.3 Å². The molecular weight excluding hydrogens is 465 g/mol. The molecule has 1 atom stereocenters. The fraction of sp³-hybridized carbons (Fsp3) is 0.375. The molecule has 2 aromatic carbocycles. The second-order valence-electron chi connectivity index (χ2n) is 8.77. The molecule has 0 saturated heterocycles. The topological polar surface area (TPSA) is 120 Å². The monoisotopic (exact) mass is 490 g/mol. The van der Waals surface area contributed by atoms with Gasteiger partial charge in [-0.15, -0.1) is 0 Å². The van der Waals surface area contributed by atoms with Crippen molar-refractivity contribution in [3.05, 3.63) is 47.3 Å². The van der Waals surface area contributed by atoms with Crippen LogP contribution >= 0.6 is 0 Å². The minimum atomic E-state index is -4.53. The van der Waals surface area contributed by atoms with Crippen molar-refractivity contribution in [2.45, 2.75) is 38.9 Å². The summed E-state index contributed by atoms with van der Waals surface area (Å²) >= 11 is 0. The lowest BCUT2D eigenvalue weighted by Gasteiger charge is -2.20. The lowest BCUT2D eigenvalue weighted by atomic mass is 10.0. The summed E-state index contributed by atoms with van der Waals surface area (Å²) in [6.45, 7) is 3.38. The molecule has 0 bridgehead atoms. The Labute approximate surface area is 199 Å². The number of halogens is 3. The van der Waals surface area contributed by atoms with Crippen LogP contribution in [0.3, 0.4) is 0 Å². The summed E-state index contributed by atoms with van der Waals surface area (Å²) in [7, 11) is 1.46. The van der Waals surface area contributed by atoms with E-state index < -0.39 is 29.2 Å². The maximum atomic E-state index is 13.3. The number of hydrogen-bond acceptors (Lipinski definition) is 7. The molecule has 3 aromatic rings. The van der Waals surface area contributed by atoms with Gasteiger partial charge in [-0.05, 0) is 56.5 Å². The highest BCUT2D eigenvalue weighted by Gasteiger charge is 2.51. The van der Waals surface area contributed by atoms with E-state index in [1.165, 1.54) is 13.2 Å². The van der Waals surface area contributed by atoms with Gasteiger partial charge >= 0.3 is 12.1 Å². The van der Waals surface area contributed by atoms with Crippen LogP contribution in [0.25, 0.3) is 10.9 Å². The molecule has 4 N–H and O–H groups in total. The Morgan fingerprint density at radius 2 is 1.91 bits per heavy atom. The Hall–Kier alpha value is -3.76. The highest BCUT2D eigenvalue weighted by molar-refractivity contribution is 5.92. The number of methoxy groups -OCH3 is 1. The molecule has 1 unspecified atom stereocenters. The van der Waals surface area contributed by atoms with E-state index in [0.717, 1.165) is 12.1 Å². The van der Waals surface area contributed by atoms with Crippen LogP contribution in [0.2, 0.25) is 0 Å². The number of carboxylic acids is 1. The number of aryl methyl sites for hydroxylation is 1. The third-order valence-electron chi connectivity index (χ3n) is 6.06. The van der Waals surface area contributed by atoms with Gasteiger partial charge in [-0.1, -0.05) is 0 Å². The first-order chi connectivity index (χ1) is 16.4. The SMILES string of the molecule is COc1cc2nc(C)nc(NC(C)c3cc(N)cc(C(F)(F)F)c3)c2cc1OCC1(C(=O)O)CC1. The summed E-state index contributed by atoms with van der Waals surface area (Å²) in [5.74, 6) is 0.602. The molecule has 186 valence electrons. The second kappa shape index (κ2) is 8.79. The van der Waals surface area contributed by atoms with Gasteiger partial charge in [0.05, 0.1) is 24.2 Å². The van der Waals surface area contributed by atoms with E-state index in [4.69, 9.17) is 15.2 Å². The summed E-state index contributed by atoms with van der Waals surface area (Å²) in [6.07, 6.45) is -3.46. The molecule has 8 nitrogen and oxygen atoms in total. The van der Waals surface area contributed by atoms with Crippen molar-refractivity contribution in [1.82, 2.24) is 9.97 Å². The number of alkyl halides is 3. The quantitative estimate of drug-likeness (QED) is 0.379. The van der Waals surface area contributed by atoms with Crippen LogP contribution < -0.4 is 20.5 Å². The molecule has 0 aliphatic heterocycles. The zero-order valence-corrected chi connectivity index (χ0v) is 19.4. The van der Waals surface area contributed by atoms with Crippen LogP contribution in [0.5, 0.6) is 11.5 Å². The Kier molecular flexibility index (Phi) is 6.12. The highest BCUT2D eigenvalue weighted by atomic mass is 19.4. The first-order valence-electron chi connectivity index (χ1n) is 10.9. The predicted octanol–water partition coefficient (Wildman–Crippen LogP) is 4.96. The Morgan fingerprint density at radius 3 is 2.51 bits per heavy atom. The van der Waals surface area contributed by atoms with Crippen LogP contribution in [0.1, 0.15) is 42.8 Å². The summed E-state index contributed by atoms with van der Waals surface area (Å²) in [5, 5.41) is 13.1. The Balaban J connectivity index is 1.69. The number of aromatic nitrogens is 2. The van der Waals surface area contributed by atoms with Gasteiger partial charge in [0, 0.05) is 17.1 Å². The maximum absolute atomic E-state index is 13.3. The molecule has 1 aliphatic rings. The summed E-state index contributed by atoms with van der Waals surface area (Å²) in [4.78, 5) is 20.4. The first-order valence-corrected chi connectivity index (χ1v) is 10.9. The van der Waals surface area contributed by atoms with Crippen molar-refractivity contribution in [1.29, 1.82) is 0 Å². The number of ether oxygens (including phenoxy) is 2. The molecule has 0 amide bonds. The first kappa shape index (κ1) is 24.4. The van der Waals surface area contributed by atoms with E-state index in [1.54, 1.807) is 26.0 Å². The number of rotatable bonds is 8. The number of fused-ring (bicyclic) bond motifs is 1. The molecule has 0 radical (unpaired) electrons. The van der Waals surface area contributed by atoms with Gasteiger partial charge in [0.1, 0.15) is 23.7 Å². The van der Waals surface area contributed by atoms with Gasteiger partial charge in [-0.25, -0.2) is 9.97 Å². The molecule has 11 heteroatoms. The largest absolute Gasteiger partial charge is 0.493 e. The average Bonchev–Trinajstić information content (AvgIpc) is 3.57. The number of nitrogen functional groups attached to an aromatic ring is 1. The van der Waals surface area contributed by atoms with Crippen molar-refractivity contribution >= 4 is 28.4 Å². The average molecular weight is 490 g/mol. The van der Waals surface area contributed by atoms with E-state index >= 15 is 0 Å². The number of carbonyl (C=O) groups is 1. The van der Waals surface area contributed by atoms with E-state index in [1.807, 2.05) is 0 Å². The van der Waals surface area contributed by atoms with Gasteiger partial charge in [-0.3, -0.25) is 4.79 Å². The number of benzene rings is 2. The fourth-order valence-electron chi connectivity index (χ4n) is 3.80. The van der Waals surface area contributed by atoms with Crippen LogP contribution in [0.4, 0.5) is 24.7 Å². The van der Waals surface area contributed by atoms with Crippen LogP contribution in [0.15, 0.2) is 30.3 Å². The molecule has 1 heterocycles. The van der Waals surface area contributed by atoms with Crippen LogP contribution in [0, 0.1) is 12.3 Å². The molecule has 0 spiro atoms. The molecule has 35 heavy (non-hydrogen) atoms. The molecule has 4 rings (SSSR count). The number of aliphatic carboxylic acids is 1. The Morgan fingerprint density at radius 1 is 1.20 bits per heavy atom. The van der Waals surface area contributed by atoms with Crippen molar-refractivity contribution in [3.63, 3.8) is 0 Å². The molecular formula is C24H25F3N4O4. The summed E-state index contributed by atoms with van der Waals surface area (Å²) in [6, 6.07) is 6.12. The number of anilines is 2. The zero-order chi connectivity index (χ0) is 25.5. The van der Waals surface area contributed by atoms with Crippen LogP contribution in [-0.4, -0.2) is 34.8 Å². The van der Waals surface area contributed by atoms with Crippen molar-refractivity contribution in [2.75, 3.05) is 24.8 Å². The number of hydrogen-bond donors (Lipinski definition) is 3. The summed E-state index contributed by atoms with van der Waals surface area (Å²) in [5.41, 5.74) is 4.85. The molecule has 1 fully saturated rings. The van der Waals surface area contributed by atoms with Crippen molar-refractivity contribution in [2.24, 2.45) is 5.41 Å². The lowest BCUT2D eigenvalue weighted by molar-refractivity contribution is -0.144. The Bertz CT molecular complexity index is 1290. The third kappa shape index (κ3) is 5.03. The number of nitrogens with one attached hydrogen (secondary N) is 1. The van der Waals surface area contributed by atoms with E-state index in [9.17, 15) is 23.1 Å². The standard InChI is InChI=1S/C24H25F3N4O4/c1-12(14-6-15(24(25,26)27)8-16(28)7-14)29-21-17-9-20(35-11-23(4-5-23)22(32)33)19(34-3)10-18(17)30-13(2)31-21/h6-10,12H,4-5,11,28H2,1-3H3,(H,32,33)(H,29,30,31). The highest BCUT2D eigenvalue weighted by Crippen LogP contribution is 2.47. The van der Waals surface area contributed by atoms with Gasteiger partial charge in [0.25, 0.3) is 0 Å². The number of nitrogens with zero attached hydrogens (tertiary/aromatic N) is 2. The van der Waals surface area contributed by atoms with E-state index in [2.05, 4.69) is 15.3 Å². The number of carboxylic acid groups (broad SMARTS) is 1. The summed E-state index contributed by atoms with van der Waals surface area (Å²) < 4.78 is 51.1. The van der Waals surface area contributed by atoms with E-state index in [0.29, 0.717) is 52.4 Å². The lowest BCUT2D eigenvalue weighted by Crippen LogP contribution is -2.23. The van der Waals surface area contributed by atoms with Crippen LogP contribution in [-0.2, 0) is 11.0 Å². The van der Waals surface area contributed by atoms with Gasteiger partial charge in [0.15, 0.2) is 11.5 Å².